The molecule has 0 spiro atoms. The van der Waals surface area contributed by atoms with Gasteiger partial charge in [-0.15, -0.1) is 0 Å². The minimum atomic E-state index is 1.02. The van der Waals surface area contributed by atoms with E-state index in [4.69, 9.17) is 4.98 Å². The summed E-state index contributed by atoms with van der Waals surface area (Å²) < 4.78 is 0. The number of nitrogens with zero attached hydrogens (tertiary/aromatic N) is 1. The zero-order chi connectivity index (χ0) is 16.2. The van der Waals surface area contributed by atoms with E-state index in [0.29, 0.717) is 0 Å². The second kappa shape index (κ2) is 6.67. The first-order valence-electron chi connectivity index (χ1n) is 8.38. The molecule has 1 aromatic heterocycles. The number of hydrogen-bond donors (Lipinski definition) is 0. The number of hydrogen-bond acceptors (Lipinski definition) is 1. The summed E-state index contributed by atoms with van der Waals surface area (Å²) in [4.78, 5) is 4.86. The topological polar surface area (TPSA) is 12.9 Å². The van der Waals surface area contributed by atoms with E-state index in [0.717, 1.165) is 24.1 Å². The van der Waals surface area contributed by atoms with Crippen molar-refractivity contribution >= 4 is 10.9 Å². The third kappa shape index (κ3) is 3.07. The van der Waals surface area contributed by atoms with Gasteiger partial charge in [0.05, 0.1) is 11.2 Å². The lowest BCUT2D eigenvalue weighted by atomic mass is 9.97. The Kier molecular flexibility index (Phi) is 4.07. The molecule has 0 saturated carbocycles. The zero-order valence-electron chi connectivity index (χ0n) is 13.5. The molecule has 0 saturated heterocycles. The van der Waals surface area contributed by atoms with Crippen LogP contribution in [0.15, 0.2) is 91.0 Å². The predicted octanol–water partition coefficient (Wildman–Crippen LogP) is 5.69. The number of fused-ring (bicyclic) bond motifs is 1. The van der Waals surface area contributed by atoms with Crippen LogP contribution < -0.4 is 0 Å². The molecule has 0 radical (unpaired) electrons. The number of rotatable bonds is 4. The van der Waals surface area contributed by atoms with Crippen molar-refractivity contribution in [2.45, 2.75) is 12.8 Å². The Morgan fingerprint density at radius 3 is 2.25 bits per heavy atom. The Balaban J connectivity index is 1.67. The minimum Gasteiger partial charge on any atom is -0.248 e. The van der Waals surface area contributed by atoms with Crippen molar-refractivity contribution < 1.29 is 0 Å². The molecule has 0 bridgehead atoms. The van der Waals surface area contributed by atoms with E-state index in [1.165, 1.54) is 22.1 Å². The highest BCUT2D eigenvalue weighted by Gasteiger charge is 2.07. The average molecular weight is 309 g/mol. The van der Waals surface area contributed by atoms with E-state index in [1.807, 2.05) is 6.07 Å². The second-order valence-corrected chi connectivity index (χ2v) is 6.03. The van der Waals surface area contributed by atoms with Crippen molar-refractivity contribution in [1.29, 1.82) is 0 Å². The van der Waals surface area contributed by atoms with Gasteiger partial charge >= 0.3 is 0 Å². The first kappa shape index (κ1) is 14.6. The van der Waals surface area contributed by atoms with Crippen molar-refractivity contribution in [3.63, 3.8) is 0 Å². The van der Waals surface area contributed by atoms with Gasteiger partial charge in [-0.2, -0.15) is 0 Å². The molecule has 1 heteroatoms. The molecule has 0 fully saturated rings. The molecule has 3 aromatic carbocycles. The SMILES string of the molecule is c1ccc(CCc2ccccc2-c2ccc3ccccc3n2)cc1. The summed E-state index contributed by atoms with van der Waals surface area (Å²) in [7, 11) is 0. The van der Waals surface area contributed by atoms with Crippen molar-refractivity contribution in [1.82, 2.24) is 4.98 Å². The van der Waals surface area contributed by atoms with E-state index >= 15 is 0 Å². The van der Waals surface area contributed by atoms with Crippen LogP contribution in [0.4, 0.5) is 0 Å². The molecule has 0 aliphatic carbocycles. The van der Waals surface area contributed by atoms with Gasteiger partial charge in [0.15, 0.2) is 0 Å². The minimum absolute atomic E-state index is 1.02. The Hall–Kier alpha value is -2.93. The number of aryl methyl sites for hydroxylation is 2. The lowest BCUT2D eigenvalue weighted by Gasteiger charge is -2.10. The normalized spacial score (nSPS) is 10.8. The molecule has 1 heterocycles. The first-order chi connectivity index (χ1) is 11.9. The fraction of sp³-hybridized carbons (Fsp3) is 0.0870. The van der Waals surface area contributed by atoms with Gasteiger partial charge in [-0.05, 0) is 36.1 Å². The van der Waals surface area contributed by atoms with Crippen molar-refractivity contribution in [3.8, 4) is 11.3 Å². The predicted molar refractivity (Wildman–Crippen MR) is 101 cm³/mol. The van der Waals surface area contributed by atoms with Gasteiger partial charge in [0.1, 0.15) is 0 Å². The standard InChI is InChI=1S/C23H19N/c1-2-8-18(9-3-1)14-15-19-10-4-6-12-21(19)23-17-16-20-11-5-7-13-22(20)24-23/h1-13,16-17H,14-15H2. The van der Waals surface area contributed by atoms with E-state index in [9.17, 15) is 0 Å². The molecule has 4 rings (SSSR count). The summed E-state index contributed by atoms with van der Waals surface area (Å²) in [6.07, 6.45) is 2.07. The Bertz CT molecular complexity index is 957. The van der Waals surface area contributed by atoms with Crippen LogP contribution >= 0.6 is 0 Å². The van der Waals surface area contributed by atoms with Crippen LogP contribution in [0, 0.1) is 0 Å². The van der Waals surface area contributed by atoms with Gasteiger partial charge in [0, 0.05) is 10.9 Å². The largest absolute Gasteiger partial charge is 0.248 e. The highest BCUT2D eigenvalue weighted by atomic mass is 14.7. The third-order valence-electron chi connectivity index (χ3n) is 4.42. The van der Waals surface area contributed by atoms with Gasteiger partial charge in [-0.1, -0.05) is 78.9 Å². The van der Waals surface area contributed by atoms with Crippen LogP contribution in [0.1, 0.15) is 11.1 Å². The summed E-state index contributed by atoms with van der Waals surface area (Å²) >= 11 is 0. The highest BCUT2D eigenvalue weighted by Crippen LogP contribution is 2.25. The third-order valence-corrected chi connectivity index (χ3v) is 4.42. The van der Waals surface area contributed by atoms with Crippen LogP contribution in [0.5, 0.6) is 0 Å². The molecule has 116 valence electrons. The van der Waals surface area contributed by atoms with Gasteiger partial charge in [-0.3, -0.25) is 0 Å². The molecule has 1 nitrogen and oxygen atoms in total. The smallest absolute Gasteiger partial charge is 0.0712 e. The Labute approximate surface area is 142 Å². The highest BCUT2D eigenvalue weighted by molar-refractivity contribution is 5.81. The molecule has 0 aliphatic rings. The van der Waals surface area contributed by atoms with E-state index < -0.39 is 0 Å². The monoisotopic (exact) mass is 309 g/mol. The Morgan fingerprint density at radius 1 is 0.583 bits per heavy atom. The molecular weight excluding hydrogens is 290 g/mol. The molecular formula is C23H19N. The Morgan fingerprint density at radius 2 is 1.33 bits per heavy atom. The van der Waals surface area contributed by atoms with E-state index in [1.54, 1.807) is 0 Å². The first-order valence-corrected chi connectivity index (χ1v) is 8.38. The van der Waals surface area contributed by atoms with Crippen LogP contribution in [0.2, 0.25) is 0 Å². The van der Waals surface area contributed by atoms with Gasteiger partial charge in [0.25, 0.3) is 0 Å². The molecule has 0 amide bonds. The lowest BCUT2D eigenvalue weighted by molar-refractivity contribution is 0.961. The number of pyridine rings is 1. The summed E-state index contributed by atoms with van der Waals surface area (Å²) in [5, 5.41) is 1.18. The van der Waals surface area contributed by atoms with Crippen LogP contribution in [0.3, 0.4) is 0 Å². The second-order valence-electron chi connectivity index (χ2n) is 6.03. The maximum absolute atomic E-state index is 4.86. The summed E-state index contributed by atoms with van der Waals surface area (Å²) in [6, 6.07) is 31.8. The van der Waals surface area contributed by atoms with Crippen LogP contribution in [0.25, 0.3) is 22.2 Å². The summed E-state index contributed by atoms with van der Waals surface area (Å²) in [6.45, 7) is 0. The molecule has 24 heavy (non-hydrogen) atoms. The van der Waals surface area contributed by atoms with Gasteiger partial charge in [0.2, 0.25) is 0 Å². The maximum Gasteiger partial charge on any atom is 0.0712 e. The van der Waals surface area contributed by atoms with Gasteiger partial charge in [-0.25, -0.2) is 4.98 Å². The van der Waals surface area contributed by atoms with Crippen LogP contribution in [-0.2, 0) is 12.8 Å². The number of benzene rings is 3. The van der Waals surface area contributed by atoms with Crippen molar-refractivity contribution in [3.05, 3.63) is 102 Å². The lowest BCUT2D eigenvalue weighted by Crippen LogP contribution is -1.95. The van der Waals surface area contributed by atoms with E-state index in [-0.39, 0.29) is 0 Å². The van der Waals surface area contributed by atoms with E-state index in [2.05, 4.69) is 84.9 Å². The number of aromatic nitrogens is 1. The van der Waals surface area contributed by atoms with Crippen molar-refractivity contribution in [2.24, 2.45) is 0 Å². The summed E-state index contributed by atoms with van der Waals surface area (Å²) in [5.41, 5.74) is 6.06. The average Bonchev–Trinajstić information content (AvgIpc) is 2.67. The van der Waals surface area contributed by atoms with Gasteiger partial charge < -0.3 is 0 Å². The zero-order valence-corrected chi connectivity index (χ0v) is 13.5. The molecule has 0 unspecified atom stereocenters. The fourth-order valence-electron chi connectivity index (χ4n) is 3.13. The molecule has 4 aromatic rings. The number of para-hydroxylation sites is 1. The molecule has 0 atom stereocenters. The van der Waals surface area contributed by atoms with Crippen molar-refractivity contribution in [2.75, 3.05) is 0 Å². The fourth-order valence-corrected chi connectivity index (χ4v) is 3.13. The summed E-state index contributed by atoms with van der Waals surface area (Å²) in [5.74, 6) is 0. The van der Waals surface area contributed by atoms with Crippen LogP contribution in [-0.4, -0.2) is 4.98 Å². The molecule has 0 aliphatic heterocycles. The maximum atomic E-state index is 4.86. The molecule has 0 N–H and O–H groups in total. The quantitative estimate of drug-likeness (QED) is 0.472.